The number of nitrogens with two attached hydrogens (primary N) is 1. The number of rotatable bonds is 5. The van der Waals surface area contributed by atoms with Gasteiger partial charge in [-0.1, -0.05) is 23.9 Å². The highest BCUT2D eigenvalue weighted by Crippen LogP contribution is 2.36. The normalized spacial score (nSPS) is 25.9. The van der Waals surface area contributed by atoms with Crippen molar-refractivity contribution in [2.75, 3.05) is 7.05 Å². The Labute approximate surface area is 152 Å². The third-order valence-corrected chi connectivity index (χ3v) is 4.74. The molecule has 1 unspecified atom stereocenters. The zero-order valence-corrected chi connectivity index (χ0v) is 14.8. The van der Waals surface area contributed by atoms with Crippen LogP contribution in [0.5, 0.6) is 0 Å². The Morgan fingerprint density at radius 1 is 1.46 bits per heavy atom. The maximum atomic E-state index is 13.5. The summed E-state index contributed by atoms with van der Waals surface area (Å²) >= 11 is 0.946. The zero-order valence-electron chi connectivity index (χ0n) is 13.9. The summed E-state index contributed by atoms with van der Waals surface area (Å²) in [6.45, 7) is -0.436. The van der Waals surface area contributed by atoms with Crippen LogP contribution in [0, 0.1) is 5.82 Å². The molecule has 1 aliphatic rings. The van der Waals surface area contributed by atoms with E-state index in [1.54, 1.807) is 0 Å². The number of halogens is 4. The standard InChI is InChI=1S/C16H20F4N2O3S/c1-22-15(21)26-13-7-11(23)6-12(25-13)14(16(18,19)20)24-8-9-3-2-4-10(17)5-9/h2-5,11-14,23H,6-8H2,1H3,(H2,21,22)/t11-,12-,13?,14+/m0/s1. The predicted molar refractivity (Wildman–Crippen MR) is 90.1 cm³/mol. The highest BCUT2D eigenvalue weighted by atomic mass is 32.2. The van der Waals surface area contributed by atoms with E-state index in [0.29, 0.717) is 0 Å². The summed E-state index contributed by atoms with van der Waals surface area (Å²) in [4.78, 5) is 3.72. The molecular weight excluding hydrogens is 376 g/mol. The van der Waals surface area contributed by atoms with Gasteiger partial charge in [0.1, 0.15) is 11.3 Å². The molecule has 0 saturated carbocycles. The van der Waals surface area contributed by atoms with Crippen molar-refractivity contribution in [1.29, 1.82) is 0 Å². The van der Waals surface area contributed by atoms with Gasteiger partial charge in [-0.05, 0) is 17.7 Å². The monoisotopic (exact) mass is 396 g/mol. The molecule has 2 rings (SSSR count). The number of amidine groups is 1. The van der Waals surface area contributed by atoms with Gasteiger partial charge in [-0.3, -0.25) is 4.99 Å². The molecule has 1 aromatic carbocycles. The Kier molecular flexibility index (Phi) is 7.27. The molecule has 1 aliphatic heterocycles. The molecule has 0 spiro atoms. The van der Waals surface area contributed by atoms with E-state index in [9.17, 15) is 22.7 Å². The highest BCUT2D eigenvalue weighted by molar-refractivity contribution is 8.14. The smallest absolute Gasteiger partial charge is 0.393 e. The van der Waals surface area contributed by atoms with E-state index in [1.165, 1.54) is 25.2 Å². The molecule has 1 fully saturated rings. The number of benzene rings is 1. The molecule has 10 heteroatoms. The zero-order chi connectivity index (χ0) is 19.3. The second-order valence-electron chi connectivity index (χ2n) is 5.81. The summed E-state index contributed by atoms with van der Waals surface area (Å²) in [5.41, 5.74) is 5.07. The fourth-order valence-electron chi connectivity index (χ4n) is 2.58. The average Bonchev–Trinajstić information content (AvgIpc) is 2.53. The van der Waals surface area contributed by atoms with Gasteiger partial charge in [0.15, 0.2) is 11.3 Å². The number of aliphatic hydroxyl groups excluding tert-OH is 1. The highest BCUT2D eigenvalue weighted by Gasteiger charge is 2.49. The minimum Gasteiger partial charge on any atom is -0.393 e. The Hall–Kier alpha value is -1.36. The van der Waals surface area contributed by atoms with Crippen LogP contribution in [-0.2, 0) is 16.1 Å². The van der Waals surface area contributed by atoms with Crippen molar-refractivity contribution in [1.82, 2.24) is 0 Å². The lowest BCUT2D eigenvalue weighted by Crippen LogP contribution is -2.49. The van der Waals surface area contributed by atoms with Crippen molar-refractivity contribution in [2.45, 2.75) is 49.4 Å². The van der Waals surface area contributed by atoms with Crippen LogP contribution in [0.2, 0.25) is 0 Å². The summed E-state index contributed by atoms with van der Waals surface area (Å²) in [5, 5.41) is 10.1. The molecule has 0 bridgehead atoms. The van der Waals surface area contributed by atoms with Gasteiger partial charge in [0.2, 0.25) is 0 Å². The second-order valence-corrected chi connectivity index (χ2v) is 6.99. The minimum atomic E-state index is -4.71. The molecular formula is C16H20F4N2O3S. The topological polar surface area (TPSA) is 77.1 Å². The molecule has 4 atom stereocenters. The maximum Gasteiger partial charge on any atom is 0.417 e. The predicted octanol–water partition coefficient (Wildman–Crippen LogP) is 2.82. The van der Waals surface area contributed by atoms with E-state index in [0.717, 1.165) is 17.8 Å². The maximum absolute atomic E-state index is 13.5. The van der Waals surface area contributed by atoms with Crippen LogP contribution in [0.3, 0.4) is 0 Å². The van der Waals surface area contributed by atoms with Crippen LogP contribution in [0.15, 0.2) is 29.3 Å². The van der Waals surface area contributed by atoms with Crippen LogP contribution in [0.1, 0.15) is 18.4 Å². The molecule has 0 amide bonds. The summed E-state index contributed by atoms with van der Waals surface area (Å²) in [6, 6.07) is 5.13. The minimum absolute atomic E-state index is 0.131. The molecule has 146 valence electrons. The average molecular weight is 396 g/mol. The Morgan fingerprint density at radius 2 is 2.19 bits per heavy atom. The van der Waals surface area contributed by atoms with Gasteiger partial charge in [0.25, 0.3) is 0 Å². The number of hydrogen-bond donors (Lipinski definition) is 2. The third kappa shape index (κ3) is 6.11. The number of aliphatic hydroxyl groups is 1. The number of ether oxygens (including phenoxy) is 2. The SMILES string of the molecule is CN=C(N)SC1C[C@@H](O)C[C@@H]([C@@H](OCc2cccc(F)c2)C(F)(F)F)O1. The van der Waals surface area contributed by atoms with E-state index in [-0.39, 0.29) is 23.6 Å². The first kappa shape index (κ1) is 20.9. The van der Waals surface area contributed by atoms with Gasteiger partial charge in [0.05, 0.1) is 18.8 Å². The van der Waals surface area contributed by atoms with Crippen LogP contribution < -0.4 is 5.73 Å². The van der Waals surface area contributed by atoms with Gasteiger partial charge in [0, 0.05) is 19.9 Å². The first-order chi connectivity index (χ1) is 12.2. The van der Waals surface area contributed by atoms with Crippen molar-refractivity contribution in [3.8, 4) is 0 Å². The second kappa shape index (κ2) is 9.03. The van der Waals surface area contributed by atoms with Crippen molar-refractivity contribution >= 4 is 16.9 Å². The van der Waals surface area contributed by atoms with E-state index < -0.39 is 42.3 Å². The lowest BCUT2D eigenvalue weighted by atomic mass is 10.0. The molecule has 5 nitrogen and oxygen atoms in total. The van der Waals surface area contributed by atoms with Crippen molar-refractivity contribution < 1.29 is 32.1 Å². The van der Waals surface area contributed by atoms with Gasteiger partial charge < -0.3 is 20.3 Å². The molecule has 1 heterocycles. The molecule has 0 aromatic heterocycles. The number of aliphatic imine (C=N–C) groups is 1. The summed E-state index contributed by atoms with van der Waals surface area (Å²) in [7, 11) is 1.44. The summed E-state index contributed by atoms with van der Waals surface area (Å²) < 4.78 is 64.0. The molecule has 26 heavy (non-hydrogen) atoms. The van der Waals surface area contributed by atoms with Gasteiger partial charge in [-0.2, -0.15) is 13.2 Å². The quantitative estimate of drug-likeness (QED) is 0.455. The lowest BCUT2D eigenvalue weighted by molar-refractivity contribution is -0.266. The molecule has 0 radical (unpaired) electrons. The van der Waals surface area contributed by atoms with Crippen LogP contribution in [0.4, 0.5) is 17.6 Å². The summed E-state index contributed by atoms with van der Waals surface area (Å²) in [6.07, 6.45) is -9.47. The fourth-order valence-corrected chi connectivity index (χ4v) is 3.47. The molecule has 0 aliphatic carbocycles. The third-order valence-electron chi connectivity index (χ3n) is 3.75. The number of thioether (sulfide) groups is 1. The van der Waals surface area contributed by atoms with Gasteiger partial charge in [-0.15, -0.1) is 0 Å². The van der Waals surface area contributed by atoms with Crippen molar-refractivity contribution in [3.05, 3.63) is 35.6 Å². The van der Waals surface area contributed by atoms with Crippen molar-refractivity contribution in [3.63, 3.8) is 0 Å². The van der Waals surface area contributed by atoms with E-state index in [2.05, 4.69) is 4.99 Å². The Balaban J connectivity index is 2.09. The first-order valence-corrected chi connectivity index (χ1v) is 8.72. The number of hydrogen-bond acceptors (Lipinski definition) is 5. The molecule has 3 N–H and O–H groups in total. The van der Waals surface area contributed by atoms with E-state index in [4.69, 9.17) is 15.2 Å². The molecule has 1 aromatic rings. The summed E-state index contributed by atoms with van der Waals surface area (Å²) in [5.74, 6) is -0.565. The number of nitrogens with zero attached hydrogens (tertiary/aromatic N) is 1. The Morgan fingerprint density at radius 3 is 2.81 bits per heavy atom. The van der Waals surface area contributed by atoms with Crippen LogP contribution >= 0.6 is 11.8 Å². The fraction of sp³-hybridized carbons (Fsp3) is 0.562. The van der Waals surface area contributed by atoms with Gasteiger partial charge in [-0.25, -0.2) is 4.39 Å². The number of alkyl halides is 3. The van der Waals surface area contributed by atoms with E-state index >= 15 is 0 Å². The lowest BCUT2D eigenvalue weighted by Gasteiger charge is -2.37. The van der Waals surface area contributed by atoms with Crippen LogP contribution in [-0.4, -0.2) is 47.2 Å². The van der Waals surface area contributed by atoms with E-state index in [1.807, 2.05) is 0 Å². The van der Waals surface area contributed by atoms with Crippen LogP contribution in [0.25, 0.3) is 0 Å². The first-order valence-electron chi connectivity index (χ1n) is 7.84. The largest absolute Gasteiger partial charge is 0.417 e. The van der Waals surface area contributed by atoms with Crippen molar-refractivity contribution in [2.24, 2.45) is 10.7 Å². The Bertz CT molecular complexity index is 630. The molecule has 1 saturated heterocycles. The van der Waals surface area contributed by atoms with Gasteiger partial charge >= 0.3 is 6.18 Å².